The monoisotopic (exact) mass is 309 g/mol. The molecule has 0 unspecified atom stereocenters. The van der Waals surface area contributed by atoms with Gasteiger partial charge in [0.15, 0.2) is 0 Å². The predicted molar refractivity (Wildman–Crippen MR) is 77.9 cm³/mol. The molecule has 108 valence electrons. The number of fused-ring (bicyclic) bond motifs is 1. The predicted octanol–water partition coefficient (Wildman–Crippen LogP) is 3.40. The van der Waals surface area contributed by atoms with Gasteiger partial charge in [-0.1, -0.05) is 18.2 Å². The third-order valence-electron chi connectivity index (χ3n) is 3.23. The highest BCUT2D eigenvalue weighted by Gasteiger charge is 2.32. The molecule has 2 nitrogen and oxygen atoms in total. The largest absolute Gasteiger partial charge is 0.416 e. The van der Waals surface area contributed by atoms with Gasteiger partial charge in [-0.25, -0.2) is 0 Å². The molecule has 0 fully saturated rings. The summed E-state index contributed by atoms with van der Waals surface area (Å²) in [5.41, 5.74) is 0.580. The molecule has 2 heterocycles. The first kappa shape index (κ1) is 13.9. The van der Waals surface area contributed by atoms with Gasteiger partial charge in [-0.2, -0.15) is 13.2 Å². The van der Waals surface area contributed by atoms with Crippen LogP contribution in [0.15, 0.2) is 48.2 Å². The molecule has 0 N–H and O–H groups in total. The summed E-state index contributed by atoms with van der Waals surface area (Å²) in [6, 6.07) is 4.67. The fourth-order valence-electron chi connectivity index (χ4n) is 2.18. The molecule has 6 heteroatoms. The minimum atomic E-state index is -4.37. The van der Waals surface area contributed by atoms with E-state index < -0.39 is 11.7 Å². The fourth-order valence-corrected chi connectivity index (χ4v) is 3.28. The van der Waals surface area contributed by atoms with Gasteiger partial charge in [0.2, 0.25) is 0 Å². The Balaban J connectivity index is 1.99. The standard InChI is InChI=1S/C15H10F3NOS/c1-9-3-2-4-12-19(9)14(20)13(21-12)10-5-7-11(8-6-10)15(16,17)18/h2-8H,1H3. The van der Waals surface area contributed by atoms with Crippen LogP contribution in [-0.4, -0.2) is 20.7 Å². The van der Waals surface area contributed by atoms with Crippen LogP contribution in [0.1, 0.15) is 18.1 Å². The normalized spacial score (nSPS) is 17.8. The molecule has 2 aliphatic heterocycles. The summed E-state index contributed by atoms with van der Waals surface area (Å²) < 4.78 is 37.7. The first-order valence-corrected chi connectivity index (χ1v) is 6.98. The van der Waals surface area contributed by atoms with Gasteiger partial charge in [0, 0.05) is 5.70 Å². The Morgan fingerprint density at radius 1 is 1.14 bits per heavy atom. The van der Waals surface area contributed by atoms with E-state index in [9.17, 15) is 18.0 Å². The maximum atomic E-state index is 12.6. The van der Waals surface area contributed by atoms with E-state index in [0.717, 1.165) is 22.8 Å². The van der Waals surface area contributed by atoms with Crippen LogP contribution in [0.3, 0.4) is 0 Å². The molecule has 1 amide bonds. The zero-order chi connectivity index (χ0) is 15.2. The van der Waals surface area contributed by atoms with E-state index >= 15 is 0 Å². The molecule has 2 aliphatic rings. The average Bonchev–Trinajstić information content (AvgIpc) is 2.77. The molecule has 3 rings (SSSR count). The van der Waals surface area contributed by atoms with Crippen molar-refractivity contribution in [1.29, 1.82) is 0 Å². The summed E-state index contributed by atoms with van der Waals surface area (Å²) in [7, 11) is 1.27. The first-order valence-electron chi connectivity index (χ1n) is 6.17. The van der Waals surface area contributed by atoms with Crippen molar-refractivity contribution in [3.8, 4) is 0 Å². The van der Waals surface area contributed by atoms with Gasteiger partial charge < -0.3 is 0 Å². The number of halogens is 3. The van der Waals surface area contributed by atoms with Crippen LogP contribution in [0.2, 0.25) is 0 Å². The van der Waals surface area contributed by atoms with Crippen LogP contribution < -0.4 is 0 Å². The number of carbonyl (C=O) groups is 1. The van der Waals surface area contributed by atoms with Crippen molar-refractivity contribution in [2.45, 2.75) is 13.1 Å². The number of hydrogen-bond donors (Lipinski definition) is 0. The Hall–Kier alpha value is -2.08. The minimum absolute atomic E-state index is 0.201. The number of hydrogen-bond acceptors (Lipinski definition) is 1. The van der Waals surface area contributed by atoms with Gasteiger partial charge in [0.1, 0.15) is 9.85 Å². The van der Waals surface area contributed by atoms with Crippen molar-refractivity contribution in [3.05, 3.63) is 59.3 Å². The quantitative estimate of drug-likeness (QED) is 0.728. The molecule has 0 saturated carbocycles. The number of carbonyl (C=O) groups excluding carboxylic acids is 1. The van der Waals surface area contributed by atoms with E-state index in [1.807, 2.05) is 25.2 Å². The summed E-state index contributed by atoms with van der Waals surface area (Å²) in [5.74, 6) is -0.201. The van der Waals surface area contributed by atoms with Crippen LogP contribution >= 0.6 is 10.9 Å². The summed E-state index contributed by atoms with van der Waals surface area (Å²) in [6.45, 7) is 1.82. The number of alkyl halides is 3. The zero-order valence-electron chi connectivity index (χ0n) is 10.9. The van der Waals surface area contributed by atoms with Crippen LogP contribution in [0.4, 0.5) is 13.2 Å². The maximum Gasteiger partial charge on any atom is 0.416 e. The van der Waals surface area contributed by atoms with Gasteiger partial charge in [-0.05, 0) is 36.8 Å². The number of rotatable bonds is 1. The third kappa shape index (κ3) is 2.35. The van der Waals surface area contributed by atoms with Gasteiger partial charge in [-0.15, -0.1) is 10.9 Å². The van der Waals surface area contributed by atoms with E-state index in [-0.39, 0.29) is 5.91 Å². The van der Waals surface area contributed by atoms with Crippen molar-refractivity contribution in [1.82, 2.24) is 4.90 Å². The lowest BCUT2D eigenvalue weighted by molar-refractivity contribution is -0.137. The summed E-state index contributed by atoms with van der Waals surface area (Å²) in [6.07, 6.45) is 1.10. The molecule has 0 spiro atoms. The molecular weight excluding hydrogens is 299 g/mol. The van der Waals surface area contributed by atoms with Gasteiger partial charge >= 0.3 is 6.18 Å². The molecule has 0 aromatic heterocycles. The van der Waals surface area contributed by atoms with E-state index in [0.29, 0.717) is 10.4 Å². The van der Waals surface area contributed by atoms with Gasteiger partial charge in [-0.3, -0.25) is 9.69 Å². The lowest BCUT2D eigenvalue weighted by atomic mass is 10.1. The zero-order valence-corrected chi connectivity index (χ0v) is 11.8. The fraction of sp³-hybridized carbons (Fsp3) is 0.133. The molecule has 0 radical (unpaired) electrons. The number of allylic oxidation sites excluding steroid dienone is 3. The Morgan fingerprint density at radius 2 is 1.81 bits per heavy atom. The average molecular weight is 309 g/mol. The Bertz CT molecular complexity index is 750. The van der Waals surface area contributed by atoms with Crippen LogP contribution in [0.25, 0.3) is 0 Å². The maximum absolute atomic E-state index is 12.6. The SMILES string of the molecule is CC1=CC=CC2=S=C(c3ccc(C(F)(F)F)cc3)C(=O)N12. The first-order chi connectivity index (χ1) is 9.88. The molecule has 0 saturated heterocycles. The summed E-state index contributed by atoms with van der Waals surface area (Å²) in [5, 5.41) is 0. The second-order valence-electron chi connectivity index (χ2n) is 4.65. The van der Waals surface area contributed by atoms with Crippen molar-refractivity contribution in [2.75, 3.05) is 0 Å². The second-order valence-corrected chi connectivity index (χ2v) is 5.68. The van der Waals surface area contributed by atoms with Crippen LogP contribution in [0.5, 0.6) is 0 Å². The molecule has 1 aromatic rings. The lowest BCUT2D eigenvalue weighted by Gasteiger charge is -2.21. The van der Waals surface area contributed by atoms with E-state index in [1.165, 1.54) is 23.1 Å². The van der Waals surface area contributed by atoms with Crippen molar-refractivity contribution in [2.24, 2.45) is 0 Å². The van der Waals surface area contributed by atoms with Crippen molar-refractivity contribution < 1.29 is 18.0 Å². The van der Waals surface area contributed by atoms with E-state index in [4.69, 9.17) is 0 Å². The molecule has 1 aromatic carbocycles. The van der Waals surface area contributed by atoms with Crippen molar-refractivity contribution >= 4 is 26.7 Å². The minimum Gasteiger partial charge on any atom is -0.271 e. The Morgan fingerprint density at radius 3 is 2.38 bits per heavy atom. The summed E-state index contributed by atoms with van der Waals surface area (Å²) in [4.78, 5) is 15.2. The Kier molecular flexibility index (Phi) is 3.13. The Labute approximate surface area is 122 Å². The molecule has 0 bridgehead atoms. The molecule has 21 heavy (non-hydrogen) atoms. The van der Waals surface area contributed by atoms with Crippen molar-refractivity contribution in [3.63, 3.8) is 0 Å². The second kappa shape index (κ2) is 4.73. The van der Waals surface area contributed by atoms with Gasteiger partial charge in [0.05, 0.1) is 5.56 Å². The lowest BCUT2D eigenvalue weighted by Crippen LogP contribution is -2.34. The summed E-state index contributed by atoms with van der Waals surface area (Å²) >= 11 is 0. The van der Waals surface area contributed by atoms with Crippen LogP contribution in [-0.2, 0) is 11.0 Å². The molecule has 0 atom stereocenters. The smallest absolute Gasteiger partial charge is 0.271 e. The number of nitrogens with zero attached hydrogens (tertiary/aromatic N) is 1. The van der Waals surface area contributed by atoms with Gasteiger partial charge in [0.25, 0.3) is 5.91 Å². The highest BCUT2D eigenvalue weighted by atomic mass is 32.1. The highest BCUT2D eigenvalue weighted by molar-refractivity contribution is 8.00. The molecule has 0 aliphatic carbocycles. The van der Waals surface area contributed by atoms with E-state index in [1.54, 1.807) is 4.90 Å². The highest BCUT2D eigenvalue weighted by Crippen LogP contribution is 2.30. The number of amides is 1. The number of benzene rings is 1. The third-order valence-corrected chi connectivity index (χ3v) is 4.37. The topological polar surface area (TPSA) is 20.3 Å². The molecular formula is C15H10F3NOS. The van der Waals surface area contributed by atoms with E-state index in [2.05, 4.69) is 0 Å². The van der Waals surface area contributed by atoms with Crippen LogP contribution in [0, 0.1) is 0 Å².